The minimum Gasteiger partial charge on any atom is -0.492 e. The molecule has 0 aromatic heterocycles. The van der Waals surface area contributed by atoms with Crippen LogP contribution in [-0.4, -0.2) is 30.1 Å². The summed E-state index contributed by atoms with van der Waals surface area (Å²) in [6.45, 7) is 0.730. The molecule has 0 unspecified atom stereocenters. The van der Waals surface area contributed by atoms with Crippen LogP contribution in [0, 0.1) is 0 Å². The van der Waals surface area contributed by atoms with E-state index in [-0.39, 0.29) is 18.2 Å². The highest BCUT2D eigenvalue weighted by atomic mass is 16.5. The molecule has 5 nitrogen and oxygen atoms in total. The summed E-state index contributed by atoms with van der Waals surface area (Å²) >= 11 is 0. The summed E-state index contributed by atoms with van der Waals surface area (Å²) in [5.74, 6) is -0.488. The van der Waals surface area contributed by atoms with Gasteiger partial charge in [0.2, 0.25) is 5.91 Å². The van der Waals surface area contributed by atoms with Crippen LogP contribution in [0.3, 0.4) is 0 Å². The minimum absolute atomic E-state index is 0.0675. The Morgan fingerprint density at radius 3 is 2.94 bits per heavy atom. The van der Waals surface area contributed by atoms with E-state index in [9.17, 15) is 9.59 Å². The van der Waals surface area contributed by atoms with Gasteiger partial charge in [-0.25, -0.2) is 0 Å². The van der Waals surface area contributed by atoms with Crippen molar-refractivity contribution in [3.8, 4) is 5.75 Å². The van der Waals surface area contributed by atoms with E-state index in [2.05, 4.69) is 5.32 Å². The first-order valence-electron chi connectivity index (χ1n) is 5.89. The first-order valence-corrected chi connectivity index (χ1v) is 5.89. The second-order valence-corrected chi connectivity index (χ2v) is 4.19. The van der Waals surface area contributed by atoms with Crippen LogP contribution in [0.2, 0.25) is 0 Å². The molecule has 1 aromatic carbocycles. The van der Waals surface area contributed by atoms with Crippen molar-refractivity contribution >= 4 is 11.9 Å². The maximum Gasteiger partial charge on any atom is 0.303 e. The lowest BCUT2D eigenvalue weighted by Crippen LogP contribution is -2.31. The van der Waals surface area contributed by atoms with Crippen LogP contribution in [-0.2, 0) is 9.59 Å². The Morgan fingerprint density at radius 2 is 2.17 bits per heavy atom. The second-order valence-electron chi connectivity index (χ2n) is 4.19. The van der Waals surface area contributed by atoms with E-state index in [0.717, 1.165) is 11.3 Å². The zero-order chi connectivity index (χ0) is 13.0. The fraction of sp³-hybridized carbons (Fsp3) is 0.385. The molecular weight excluding hydrogens is 234 g/mol. The Hall–Kier alpha value is -2.04. The molecule has 0 aliphatic carbocycles. The lowest BCUT2D eigenvalue weighted by atomic mass is 10.0. The van der Waals surface area contributed by atoms with Crippen molar-refractivity contribution in [1.29, 1.82) is 0 Å². The van der Waals surface area contributed by atoms with Crippen molar-refractivity contribution in [1.82, 2.24) is 5.32 Å². The number of aliphatic carboxylic acids is 1. The molecule has 0 radical (unpaired) electrons. The van der Waals surface area contributed by atoms with E-state index in [1.165, 1.54) is 0 Å². The Labute approximate surface area is 105 Å². The van der Waals surface area contributed by atoms with Crippen LogP contribution in [0.4, 0.5) is 0 Å². The standard InChI is InChI=1S/C13H15NO4/c15-12(16)6-3-7-14-13(17)10-8-18-11-5-2-1-4-9(10)11/h1-2,4-5,10H,3,6-8H2,(H,14,17)(H,15,16)/t10-/m1/s1. The molecule has 18 heavy (non-hydrogen) atoms. The largest absolute Gasteiger partial charge is 0.492 e. The average molecular weight is 249 g/mol. The minimum atomic E-state index is -0.848. The first kappa shape index (κ1) is 12.4. The van der Waals surface area contributed by atoms with E-state index in [1.54, 1.807) is 0 Å². The van der Waals surface area contributed by atoms with Gasteiger partial charge in [0, 0.05) is 18.5 Å². The van der Waals surface area contributed by atoms with E-state index >= 15 is 0 Å². The van der Waals surface area contributed by atoms with Crippen LogP contribution < -0.4 is 10.1 Å². The Balaban J connectivity index is 1.86. The molecule has 1 aliphatic heterocycles. The molecule has 1 heterocycles. The van der Waals surface area contributed by atoms with Gasteiger partial charge in [-0.05, 0) is 12.5 Å². The van der Waals surface area contributed by atoms with Gasteiger partial charge in [0.15, 0.2) is 0 Å². The van der Waals surface area contributed by atoms with Gasteiger partial charge in [-0.2, -0.15) is 0 Å². The van der Waals surface area contributed by atoms with Gasteiger partial charge in [0.05, 0.1) is 0 Å². The molecule has 0 spiro atoms. The van der Waals surface area contributed by atoms with E-state index in [1.807, 2.05) is 24.3 Å². The zero-order valence-electron chi connectivity index (χ0n) is 9.89. The average Bonchev–Trinajstić information content (AvgIpc) is 2.78. The Bertz CT molecular complexity index is 458. The third kappa shape index (κ3) is 2.80. The maximum absolute atomic E-state index is 11.9. The van der Waals surface area contributed by atoms with Gasteiger partial charge in [0.25, 0.3) is 0 Å². The van der Waals surface area contributed by atoms with Crippen molar-refractivity contribution in [2.45, 2.75) is 18.8 Å². The fourth-order valence-electron chi connectivity index (χ4n) is 1.95. The zero-order valence-corrected chi connectivity index (χ0v) is 9.89. The molecule has 96 valence electrons. The lowest BCUT2D eigenvalue weighted by molar-refractivity contribution is -0.137. The number of rotatable bonds is 5. The number of benzene rings is 1. The number of carboxylic acids is 1. The smallest absolute Gasteiger partial charge is 0.303 e. The van der Waals surface area contributed by atoms with Crippen molar-refractivity contribution in [3.63, 3.8) is 0 Å². The molecule has 1 aromatic rings. The third-order valence-corrected chi connectivity index (χ3v) is 2.88. The molecular formula is C13H15NO4. The molecule has 1 amide bonds. The molecule has 1 atom stereocenters. The number of ether oxygens (including phenoxy) is 1. The van der Waals surface area contributed by atoms with Crippen LogP contribution >= 0.6 is 0 Å². The quantitative estimate of drug-likeness (QED) is 0.767. The van der Waals surface area contributed by atoms with E-state index in [0.29, 0.717) is 19.6 Å². The molecule has 2 rings (SSSR count). The third-order valence-electron chi connectivity index (χ3n) is 2.88. The summed E-state index contributed by atoms with van der Waals surface area (Å²) in [4.78, 5) is 22.2. The monoisotopic (exact) mass is 249 g/mol. The number of hydrogen-bond acceptors (Lipinski definition) is 3. The second kappa shape index (κ2) is 5.53. The molecule has 1 aliphatic rings. The number of para-hydroxylation sites is 1. The predicted molar refractivity (Wildman–Crippen MR) is 64.6 cm³/mol. The van der Waals surface area contributed by atoms with Gasteiger partial charge in [0.1, 0.15) is 18.3 Å². The highest BCUT2D eigenvalue weighted by molar-refractivity contribution is 5.85. The number of hydrogen-bond donors (Lipinski definition) is 2. The Kier molecular flexibility index (Phi) is 3.82. The highest BCUT2D eigenvalue weighted by Crippen LogP contribution is 2.33. The van der Waals surface area contributed by atoms with Crippen LogP contribution in [0.25, 0.3) is 0 Å². The van der Waals surface area contributed by atoms with Crippen molar-refractivity contribution in [2.24, 2.45) is 0 Å². The summed E-state index contributed by atoms with van der Waals surface area (Å²) in [5, 5.41) is 11.2. The van der Waals surface area contributed by atoms with Crippen LogP contribution in [0.5, 0.6) is 5.75 Å². The molecule has 0 fully saturated rings. The fourth-order valence-corrected chi connectivity index (χ4v) is 1.95. The number of nitrogens with one attached hydrogen (secondary N) is 1. The van der Waals surface area contributed by atoms with Gasteiger partial charge in [-0.15, -0.1) is 0 Å². The van der Waals surface area contributed by atoms with Crippen LogP contribution in [0.15, 0.2) is 24.3 Å². The number of amides is 1. The molecule has 0 saturated heterocycles. The summed E-state index contributed by atoms with van der Waals surface area (Å²) in [6, 6.07) is 7.46. The van der Waals surface area contributed by atoms with E-state index < -0.39 is 5.97 Å². The van der Waals surface area contributed by atoms with Gasteiger partial charge < -0.3 is 15.2 Å². The van der Waals surface area contributed by atoms with E-state index in [4.69, 9.17) is 9.84 Å². The first-order chi connectivity index (χ1) is 8.68. The van der Waals surface area contributed by atoms with Crippen LogP contribution in [0.1, 0.15) is 24.3 Å². The summed E-state index contributed by atoms with van der Waals surface area (Å²) in [5.41, 5.74) is 0.897. The van der Waals surface area contributed by atoms with Gasteiger partial charge in [-0.3, -0.25) is 9.59 Å². The predicted octanol–water partition coefficient (Wildman–Crippen LogP) is 1.14. The topological polar surface area (TPSA) is 75.6 Å². The van der Waals surface area contributed by atoms with Crippen molar-refractivity contribution in [2.75, 3.05) is 13.2 Å². The summed E-state index contributed by atoms with van der Waals surface area (Å²) in [6.07, 6.45) is 0.508. The lowest BCUT2D eigenvalue weighted by Gasteiger charge is -2.09. The number of carboxylic acid groups (broad SMARTS) is 1. The van der Waals surface area contributed by atoms with Gasteiger partial charge in [-0.1, -0.05) is 18.2 Å². The number of carbonyl (C=O) groups excluding carboxylic acids is 1. The molecule has 0 saturated carbocycles. The normalized spacial score (nSPS) is 16.8. The number of fused-ring (bicyclic) bond motifs is 1. The highest BCUT2D eigenvalue weighted by Gasteiger charge is 2.29. The SMILES string of the molecule is O=C(O)CCCNC(=O)[C@@H]1COc2ccccc21. The van der Waals surface area contributed by atoms with Gasteiger partial charge >= 0.3 is 5.97 Å². The molecule has 2 N–H and O–H groups in total. The summed E-state index contributed by atoms with van der Waals surface area (Å²) in [7, 11) is 0. The summed E-state index contributed by atoms with van der Waals surface area (Å²) < 4.78 is 5.42. The maximum atomic E-state index is 11.9. The van der Waals surface area contributed by atoms with Crippen molar-refractivity contribution in [3.05, 3.63) is 29.8 Å². The van der Waals surface area contributed by atoms with Crippen molar-refractivity contribution < 1.29 is 19.4 Å². The molecule has 5 heteroatoms. The molecule has 0 bridgehead atoms. The Morgan fingerprint density at radius 1 is 1.39 bits per heavy atom. The number of carbonyl (C=O) groups is 2.